The van der Waals surface area contributed by atoms with Gasteiger partial charge >= 0.3 is 17.9 Å². The molecule has 1 fully saturated rings. The molecule has 33 heavy (non-hydrogen) atoms. The monoisotopic (exact) mass is 473 g/mol. The third-order valence-corrected chi connectivity index (χ3v) is 6.18. The van der Waals surface area contributed by atoms with E-state index in [1.807, 2.05) is 6.92 Å². The second kappa shape index (κ2) is 14.1. The predicted molar refractivity (Wildman–Crippen MR) is 118 cm³/mol. The number of carbonyl (C=O) groups excluding carboxylic acids is 3. The summed E-state index contributed by atoms with van der Waals surface area (Å²) in [7, 11) is 1.47. The highest BCUT2D eigenvalue weighted by molar-refractivity contribution is 5.80. The summed E-state index contributed by atoms with van der Waals surface area (Å²) in [5.74, 6) is -3.85. The van der Waals surface area contributed by atoms with Crippen LogP contribution in [0.3, 0.4) is 0 Å². The molecule has 1 aliphatic rings. The van der Waals surface area contributed by atoms with Crippen LogP contribution < -0.4 is 0 Å². The van der Waals surface area contributed by atoms with Crippen LogP contribution in [-0.2, 0) is 33.4 Å². The normalized spacial score (nSPS) is 18.3. The summed E-state index contributed by atoms with van der Waals surface area (Å²) in [6.07, 6.45) is 1.77. The number of carboxylic acids is 1. The molecule has 0 aliphatic carbocycles. The molecule has 10 heteroatoms. The largest absolute Gasteiger partial charge is 0.481 e. The maximum atomic E-state index is 13.0. The first-order valence-electron chi connectivity index (χ1n) is 11.6. The number of aliphatic carboxylic acids is 1. The number of carboxylic acid groups (broad SMARTS) is 1. The standard InChI is InChI=1S/C23H39NO9/c1-5-17(20(27)28)13-18(21(29)32-12-11-31-4)15-23(3,22(30)33-10-9-25)14-16(2)24-8-6-7-19(24)26/h16-18,25H,5-15H2,1-4H3,(H,27,28). The third kappa shape index (κ3) is 8.92. The van der Waals surface area contributed by atoms with E-state index >= 15 is 0 Å². The highest BCUT2D eigenvalue weighted by Crippen LogP contribution is 2.38. The number of ether oxygens (including phenoxy) is 3. The van der Waals surface area contributed by atoms with Crippen molar-refractivity contribution < 1.29 is 43.6 Å². The van der Waals surface area contributed by atoms with Crippen molar-refractivity contribution in [3.05, 3.63) is 0 Å². The molecule has 1 aliphatic heterocycles. The van der Waals surface area contributed by atoms with Gasteiger partial charge in [0.05, 0.1) is 30.5 Å². The van der Waals surface area contributed by atoms with E-state index in [9.17, 15) is 24.3 Å². The summed E-state index contributed by atoms with van der Waals surface area (Å²) in [4.78, 5) is 51.5. The van der Waals surface area contributed by atoms with Crippen LogP contribution in [0, 0.1) is 17.3 Å². The zero-order valence-electron chi connectivity index (χ0n) is 20.2. The Morgan fingerprint density at radius 2 is 1.82 bits per heavy atom. The molecule has 0 aromatic carbocycles. The highest BCUT2D eigenvalue weighted by Gasteiger charge is 2.43. The number of esters is 2. The van der Waals surface area contributed by atoms with Gasteiger partial charge in [-0.1, -0.05) is 6.92 Å². The summed E-state index contributed by atoms with van der Waals surface area (Å²) in [6, 6.07) is -0.279. The van der Waals surface area contributed by atoms with E-state index in [2.05, 4.69) is 0 Å². The van der Waals surface area contributed by atoms with Gasteiger partial charge in [0.15, 0.2) is 0 Å². The summed E-state index contributed by atoms with van der Waals surface area (Å²) in [6.45, 7) is 5.49. The maximum Gasteiger partial charge on any atom is 0.311 e. The number of aliphatic hydroxyl groups is 1. The van der Waals surface area contributed by atoms with Gasteiger partial charge in [-0.25, -0.2) is 0 Å². The Balaban J connectivity index is 3.16. The average Bonchev–Trinajstić information content (AvgIpc) is 3.20. The Morgan fingerprint density at radius 1 is 1.12 bits per heavy atom. The van der Waals surface area contributed by atoms with Gasteiger partial charge in [-0.05, 0) is 46.0 Å². The van der Waals surface area contributed by atoms with Crippen molar-refractivity contribution in [1.82, 2.24) is 4.90 Å². The van der Waals surface area contributed by atoms with E-state index in [1.54, 1.807) is 18.7 Å². The first-order chi connectivity index (χ1) is 15.6. The lowest BCUT2D eigenvalue weighted by molar-refractivity contribution is -0.162. The Morgan fingerprint density at radius 3 is 2.33 bits per heavy atom. The van der Waals surface area contributed by atoms with Crippen molar-refractivity contribution in [3.8, 4) is 0 Å². The first-order valence-corrected chi connectivity index (χ1v) is 11.6. The van der Waals surface area contributed by atoms with E-state index in [0.29, 0.717) is 19.4 Å². The molecule has 4 atom stereocenters. The molecule has 0 saturated carbocycles. The second-order valence-corrected chi connectivity index (χ2v) is 8.90. The molecule has 1 heterocycles. The fraction of sp³-hybridized carbons (Fsp3) is 0.826. The quantitative estimate of drug-likeness (QED) is 0.253. The first kappa shape index (κ1) is 28.8. The van der Waals surface area contributed by atoms with Crippen LogP contribution in [0.15, 0.2) is 0 Å². The fourth-order valence-corrected chi connectivity index (χ4v) is 4.40. The molecule has 190 valence electrons. The molecule has 0 bridgehead atoms. The van der Waals surface area contributed by atoms with Crippen LogP contribution >= 0.6 is 0 Å². The molecule has 0 aromatic rings. The molecule has 0 aromatic heterocycles. The molecule has 0 radical (unpaired) electrons. The minimum atomic E-state index is -1.20. The zero-order valence-corrected chi connectivity index (χ0v) is 20.2. The molecular weight excluding hydrogens is 434 g/mol. The molecule has 1 rings (SSSR count). The van der Waals surface area contributed by atoms with Crippen LogP contribution in [0.5, 0.6) is 0 Å². The molecule has 10 nitrogen and oxygen atoms in total. The molecule has 1 saturated heterocycles. The van der Waals surface area contributed by atoms with Crippen molar-refractivity contribution in [3.63, 3.8) is 0 Å². The van der Waals surface area contributed by atoms with E-state index in [0.717, 1.165) is 6.42 Å². The minimum Gasteiger partial charge on any atom is -0.481 e. The molecular formula is C23H39NO9. The highest BCUT2D eigenvalue weighted by atomic mass is 16.6. The van der Waals surface area contributed by atoms with Crippen molar-refractivity contribution in [2.75, 3.05) is 40.1 Å². The minimum absolute atomic E-state index is 0.000766. The topological polar surface area (TPSA) is 140 Å². The van der Waals surface area contributed by atoms with Gasteiger partial charge in [-0.15, -0.1) is 0 Å². The second-order valence-electron chi connectivity index (χ2n) is 8.90. The predicted octanol–water partition coefficient (Wildman–Crippen LogP) is 1.63. The Kier molecular flexibility index (Phi) is 12.4. The Labute approximate surface area is 195 Å². The summed E-state index contributed by atoms with van der Waals surface area (Å²) in [5, 5.41) is 18.6. The van der Waals surface area contributed by atoms with Gasteiger partial charge in [-0.2, -0.15) is 0 Å². The number of rotatable bonds is 16. The Bertz CT molecular complexity index is 668. The van der Waals surface area contributed by atoms with Crippen LogP contribution in [0.2, 0.25) is 0 Å². The number of likely N-dealkylation sites (tertiary alicyclic amines) is 1. The number of nitrogens with zero attached hydrogens (tertiary/aromatic N) is 1. The summed E-state index contributed by atoms with van der Waals surface area (Å²) in [5.41, 5.74) is -1.20. The lowest BCUT2D eigenvalue weighted by Crippen LogP contribution is -2.43. The van der Waals surface area contributed by atoms with Crippen LogP contribution in [0.25, 0.3) is 0 Å². The number of hydrogen-bond donors (Lipinski definition) is 2. The van der Waals surface area contributed by atoms with E-state index in [1.165, 1.54) is 7.11 Å². The van der Waals surface area contributed by atoms with Crippen molar-refractivity contribution in [2.24, 2.45) is 17.3 Å². The number of aliphatic hydroxyl groups excluding tert-OH is 1. The van der Waals surface area contributed by atoms with Gasteiger partial charge < -0.3 is 29.3 Å². The number of methoxy groups -OCH3 is 1. The van der Waals surface area contributed by atoms with Gasteiger partial charge in [0, 0.05) is 26.1 Å². The summed E-state index contributed by atoms with van der Waals surface area (Å²) >= 11 is 0. The van der Waals surface area contributed by atoms with Crippen LogP contribution in [-0.4, -0.2) is 85.1 Å². The number of amides is 1. The number of carbonyl (C=O) groups is 4. The zero-order chi connectivity index (χ0) is 25.0. The van der Waals surface area contributed by atoms with Crippen molar-refractivity contribution in [1.29, 1.82) is 0 Å². The van der Waals surface area contributed by atoms with E-state index < -0.39 is 35.2 Å². The number of hydrogen-bond acceptors (Lipinski definition) is 8. The average molecular weight is 474 g/mol. The van der Waals surface area contributed by atoms with Gasteiger partial charge in [-0.3, -0.25) is 19.2 Å². The van der Waals surface area contributed by atoms with Gasteiger partial charge in [0.25, 0.3) is 0 Å². The van der Waals surface area contributed by atoms with Gasteiger partial charge in [0.1, 0.15) is 13.2 Å². The molecule has 4 unspecified atom stereocenters. The Hall–Kier alpha value is -2.20. The fourth-order valence-electron chi connectivity index (χ4n) is 4.40. The van der Waals surface area contributed by atoms with E-state index in [4.69, 9.17) is 19.3 Å². The van der Waals surface area contributed by atoms with Gasteiger partial charge in [0.2, 0.25) is 5.91 Å². The molecule has 1 amide bonds. The van der Waals surface area contributed by atoms with E-state index in [-0.39, 0.29) is 57.6 Å². The third-order valence-electron chi connectivity index (χ3n) is 6.18. The smallest absolute Gasteiger partial charge is 0.311 e. The summed E-state index contributed by atoms with van der Waals surface area (Å²) < 4.78 is 15.4. The molecule has 2 N–H and O–H groups in total. The van der Waals surface area contributed by atoms with Crippen LogP contribution in [0.1, 0.15) is 59.3 Å². The van der Waals surface area contributed by atoms with Crippen molar-refractivity contribution in [2.45, 2.75) is 65.3 Å². The lowest BCUT2D eigenvalue weighted by Gasteiger charge is -2.36. The lowest BCUT2D eigenvalue weighted by atomic mass is 9.73. The van der Waals surface area contributed by atoms with Crippen molar-refractivity contribution >= 4 is 23.8 Å². The molecule has 0 spiro atoms. The van der Waals surface area contributed by atoms with Crippen LogP contribution in [0.4, 0.5) is 0 Å². The SMILES string of the molecule is CCC(CC(CC(C)(CC(C)N1CCCC1=O)C(=O)OCCO)C(=O)OCCOC)C(=O)O. The maximum absolute atomic E-state index is 13.0.